The first-order valence-corrected chi connectivity index (χ1v) is 9.26. The Morgan fingerprint density at radius 2 is 2.36 bits per heavy atom. The van der Waals surface area contributed by atoms with Crippen LogP contribution < -0.4 is 0 Å². The van der Waals surface area contributed by atoms with Crippen molar-refractivity contribution in [2.75, 3.05) is 19.7 Å². The highest BCUT2D eigenvalue weighted by Gasteiger charge is 2.25. The molecule has 0 spiro atoms. The van der Waals surface area contributed by atoms with Crippen LogP contribution in [0.3, 0.4) is 0 Å². The molecule has 3 aromatic rings. The molecule has 130 valence electrons. The van der Waals surface area contributed by atoms with Gasteiger partial charge in [-0.2, -0.15) is 5.10 Å². The first-order chi connectivity index (χ1) is 12.1. The number of rotatable bonds is 3. The SMILES string of the molecule is Cc1cc(C(=O)N2CCOC(C)C2)c2cnn(Cc3cccs3)c2n1. The summed E-state index contributed by atoms with van der Waals surface area (Å²) in [6.07, 6.45) is 1.82. The Bertz CT molecular complexity index is 903. The van der Waals surface area contributed by atoms with Gasteiger partial charge in [0.25, 0.3) is 5.91 Å². The molecule has 0 radical (unpaired) electrons. The van der Waals surface area contributed by atoms with E-state index in [1.807, 2.05) is 40.9 Å². The molecule has 1 atom stereocenters. The smallest absolute Gasteiger partial charge is 0.254 e. The molecule has 1 aliphatic rings. The molecule has 1 aliphatic heterocycles. The van der Waals surface area contributed by atoms with Gasteiger partial charge in [-0.25, -0.2) is 9.67 Å². The minimum absolute atomic E-state index is 0.0290. The number of hydrogen-bond acceptors (Lipinski definition) is 5. The largest absolute Gasteiger partial charge is 0.375 e. The summed E-state index contributed by atoms with van der Waals surface area (Å²) in [7, 11) is 0. The van der Waals surface area contributed by atoms with Crippen molar-refractivity contribution in [3.8, 4) is 0 Å². The van der Waals surface area contributed by atoms with E-state index >= 15 is 0 Å². The van der Waals surface area contributed by atoms with Crippen LogP contribution in [-0.4, -0.2) is 51.4 Å². The quantitative estimate of drug-likeness (QED) is 0.724. The maximum Gasteiger partial charge on any atom is 0.254 e. The van der Waals surface area contributed by atoms with E-state index in [0.717, 1.165) is 16.7 Å². The van der Waals surface area contributed by atoms with Crippen molar-refractivity contribution >= 4 is 28.3 Å². The predicted molar refractivity (Wildman–Crippen MR) is 97.0 cm³/mol. The third-order valence-electron chi connectivity index (χ3n) is 4.38. The van der Waals surface area contributed by atoms with Crippen molar-refractivity contribution in [3.05, 3.63) is 45.9 Å². The molecule has 6 nitrogen and oxygen atoms in total. The Morgan fingerprint density at radius 1 is 1.48 bits per heavy atom. The molecular weight excluding hydrogens is 336 g/mol. The average molecular weight is 356 g/mol. The van der Waals surface area contributed by atoms with Gasteiger partial charge in [-0.05, 0) is 31.4 Å². The average Bonchev–Trinajstić information content (AvgIpc) is 3.24. The number of pyridine rings is 1. The zero-order chi connectivity index (χ0) is 17.4. The molecule has 1 unspecified atom stereocenters. The first-order valence-electron chi connectivity index (χ1n) is 8.38. The Labute approximate surface area is 150 Å². The van der Waals surface area contributed by atoms with E-state index in [9.17, 15) is 4.79 Å². The van der Waals surface area contributed by atoms with E-state index in [0.29, 0.717) is 31.8 Å². The van der Waals surface area contributed by atoms with Crippen molar-refractivity contribution in [3.63, 3.8) is 0 Å². The van der Waals surface area contributed by atoms with Crippen molar-refractivity contribution < 1.29 is 9.53 Å². The number of aryl methyl sites for hydroxylation is 1. The van der Waals surface area contributed by atoms with Crippen LogP contribution in [0.5, 0.6) is 0 Å². The van der Waals surface area contributed by atoms with E-state index in [1.165, 1.54) is 4.88 Å². The lowest BCUT2D eigenvalue weighted by Gasteiger charge is -2.31. The van der Waals surface area contributed by atoms with E-state index in [2.05, 4.69) is 16.1 Å². The number of carbonyl (C=O) groups excluding carboxylic acids is 1. The molecule has 4 heterocycles. The van der Waals surface area contributed by atoms with Crippen molar-refractivity contribution in [2.24, 2.45) is 0 Å². The highest BCUT2D eigenvalue weighted by atomic mass is 32.1. The van der Waals surface area contributed by atoms with Crippen LogP contribution >= 0.6 is 11.3 Å². The normalized spacial score (nSPS) is 18.0. The Balaban J connectivity index is 1.71. The summed E-state index contributed by atoms with van der Waals surface area (Å²) >= 11 is 1.69. The number of carbonyl (C=O) groups is 1. The van der Waals surface area contributed by atoms with Crippen LogP contribution in [0, 0.1) is 6.92 Å². The third-order valence-corrected chi connectivity index (χ3v) is 5.24. The predicted octanol–water partition coefficient (Wildman–Crippen LogP) is 2.71. The minimum atomic E-state index is 0.0290. The summed E-state index contributed by atoms with van der Waals surface area (Å²) in [5, 5.41) is 7.34. The monoisotopic (exact) mass is 356 g/mol. The molecule has 1 amide bonds. The molecule has 25 heavy (non-hydrogen) atoms. The van der Waals surface area contributed by atoms with Gasteiger partial charge in [-0.1, -0.05) is 6.07 Å². The standard InChI is InChI=1S/C18H20N4O2S/c1-12-8-15(18(23)21-5-6-24-13(2)10-21)16-9-19-22(17(16)20-12)11-14-4-3-7-25-14/h3-4,7-9,13H,5-6,10-11H2,1-2H3. The number of morpholine rings is 1. The molecule has 3 aromatic heterocycles. The van der Waals surface area contributed by atoms with Crippen LogP contribution in [0.4, 0.5) is 0 Å². The lowest BCUT2D eigenvalue weighted by Crippen LogP contribution is -2.44. The fourth-order valence-electron chi connectivity index (χ4n) is 3.19. The van der Waals surface area contributed by atoms with Crippen LogP contribution in [0.1, 0.15) is 27.9 Å². The highest BCUT2D eigenvalue weighted by Crippen LogP contribution is 2.22. The zero-order valence-corrected chi connectivity index (χ0v) is 15.1. The molecule has 0 aromatic carbocycles. The second kappa shape index (κ2) is 6.57. The fraction of sp³-hybridized carbons (Fsp3) is 0.389. The zero-order valence-electron chi connectivity index (χ0n) is 14.3. The Kier molecular flexibility index (Phi) is 4.27. The lowest BCUT2D eigenvalue weighted by atomic mass is 10.1. The summed E-state index contributed by atoms with van der Waals surface area (Å²) in [5.41, 5.74) is 2.26. The van der Waals surface area contributed by atoms with Crippen LogP contribution in [0.25, 0.3) is 11.0 Å². The van der Waals surface area contributed by atoms with Crippen LogP contribution in [0.2, 0.25) is 0 Å². The summed E-state index contributed by atoms with van der Waals surface area (Å²) in [5.74, 6) is 0.0290. The Morgan fingerprint density at radius 3 is 3.12 bits per heavy atom. The number of hydrogen-bond donors (Lipinski definition) is 0. The molecule has 0 saturated carbocycles. The molecule has 0 aliphatic carbocycles. The van der Waals surface area contributed by atoms with Crippen LogP contribution in [-0.2, 0) is 11.3 Å². The van der Waals surface area contributed by atoms with Gasteiger partial charge in [0.1, 0.15) is 0 Å². The molecule has 0 bridgehead atoms. The van der Waals surface area contributed by atoms with Gasteiger partial charge >= 0.3 is 0 Å². The van der Waals surface area contributed by atoms with Gasteiger partial charge in [0.2, 0.25) is 0 Å². The van der Waals surface area contributed by atoms with Crippen molar-refractivity contribution in [1.29, 1.82) is 0 Å². The van der Waals surface area contributed by atoms with Gasteiger partial charge in [-0.15, -0.1) is 11.3 Å². The van der Waals surface area contributed by atoms with E-state index in [1.54, 1.807) is 17.5 Å². The molecular formula is C18H20N4O2S. The van der Waals surface area contributed by atoms with Crippen molar-refractivity contribution in [2.45, 2.75) is 26.5 Å². The topological polar surface area (TPSA) is 60.3 Å². The summed E-state index contributed by atoms with van der Waals surface area (Å²) in [4.78, 5) is 20.7. The van der Waals surface area contributed by atoms with Gasteiger partial charge in [0, 0.05) is 23.7 Å². The summed E-state index contributed by atoms with van der Waals surface area (Å²) in [6.45, 7) is 6.39. The number of thiophene rings is 1. The highest BCUT2D eigenvalue weighted by molar-refractivity contribution is 7.09. The van der Waals surface area contributed by atoms with Gasteiger partial charge in [0.05, 0.1) is 36.4 Å². The van der Waals surface area contributed by atoms with Crippen LogP contribution in [0.15, 0.2) is 29.8 Å². The van der Waals surface area contributed by atoms with E-state index < -0.39 is 0 Å². The third kappa shape index (κ3) is 3.17. The second-order valence-electron chi connectivity index (χ2n) is 6.36. The van der Waals surface area contributed by atoms with Gasteiger partial charge in [0.15, 0.2) is 5.65 Å². The van der Waals surface area contributed by atoms with Gasteiger partial charge < -0.3 is 9.64 Å². The lowest BCUT2D eigenvalue weighted by molar-refractivity contribution is -0.0123. The molecule has 4 rings (SSSR count). The molecule has 0 N–H and O–H groups in total. The molecule has 1 fully saturated rings. The maximum absolute atomic E-state index is 13.0. The number of ether oxygens (including phenoxy) is 1. The van der Waals surface area contributed by atoms with E-state index in [4.69, 9.17) is 4.74 Å². The number of amides is 1. The minimum Gasteiger partial charge on any atom is -0.375 e. The van der Waals surface area contributed by atoms with E-state index in [-0.39, 0.29) is 12.0 Å². The fourth-order valence-corrected chi connectivity index (χ4v) is 3.87. The summed E-state index contributed by atoms with van der Waals surface area (Å²) in [6, 6.07) is 5.97. The first kappa shape index (κ1) is 16.2. The summed E-state index contributed by atoms with van der Waals surface area (Å²) < 4.78 is 7.41. The Hall–Kier alpha value is -2.25. The second-order valence-corrected chi connectivity index (χ2v) is 7.39. The van der Waals surface area contributed by atoms with Crippen molar-refractivity contribution in [1.82, 2.24) is 19.7 Å². The molecule has 7 heteroatoms. The van der Waals surface area contributed by atoms with Gasteiger partial charge in [-0.3, -0.25) is 4.79 Å². The number of fused-ring (bicyclic) bond motifs is 1. The molecule has 1 saturated heterocycles. The maximum atomic E-state index is 13.0. The number of aromatic nitrogens is 3. The number of nitrogens with zero attached hydrogens (tertiary/aromatic N) is 4.